The number of allylic oxidation sites excluding steroid dienone is 1. The smallest absolute Gasteiger partial charge is 0.109 e. The SMILES string of the molecule is NC(C1=CCCCO1)C1C2CCCCC21. The van der Waals surface area contributed by atoms with E-state index in [1.54, 1.807) is 0 Å². The fourth-order valence-corrected chi connectivity index (χ4v) is 3.58. The first-order valence-corrected chi connectivity index (χ1v) is 6.46. The maximum atomic E-state index is 6.32. The van der Waals surface area contributed by atoms with Gasteiger partial charge in [-0.05, 0) is 49.5 Å². The van der Waals surface area contributed by atoms with Crippen molar-refractivity contribution >= 4 is 0 Å². The number of rotatable bonds is 2. The first-order valence-electron chi connectivity index (χ1n) is 6.46. The van der Waals surface area contributed by atoms with Crippen LogP contribution >= 0.6 is 0 Å². The summed E-state index contributed by atoms with van der Waals surface area (Å²) in [6.45, 7) is 0.877. The van der Waals surface area contributed by atoms with Crippen molar-refractivity contribution in [2.75, 3.05) is 6.61 Å². The van der Waals surface area contributed by atoms with Crippen LogP contribution in [0.5, 0.6) is 0 Å². The van der Waals surface area contributed by atoms with Crippen LogP contribution in [0.3, 0.4) is 0 Å². The summed E-state index contributed by atoms with van der Waals surface area (Å²) in [5.41, 5.74) is 6.32. The minimum atomic E-state index is 0.207. The van der Waals surface area contributed by atoms with E-state index in [-0.39, 0.29) is 6.04 Å². The van der Waals surface area contributed by atoms with Crippen LogP contribution in [0.2, 0.25) is 0 Å². The molecule has 0 amide bonds. The molecule has 2 saturated carbocycles. The van der Waals surface area contributed by atoms with Crippen molar-refractivity contribution < 1.29 is 4.74 Å². The van der Waals surface area contributed by atoms with E-state index >= 15 is 0 Å². The molecule has 0 aromatic heterocycles. The molecule has 0 bridgehead atoms. The van der Waals surface area contributed by atoms with Gasteiger partial charge in [-0.1, -0.05) is 12.8 Å². The molecule has 1 heterocycles. The summed E-state index contributed by atoms with van der Waals surface area (Å²) in [6, 6.07) is 0.207. The third kappa shape index (κ3) is 1.69. The number of hydrogen-bond donors (Lipinski definition) is 1. The van der Waals surface area contributed by atoms with E-state index in [0.717, 1.165) is 43.0 Å². The minimum absolute atomic E-state index is 0.207. The highest BCUT2D eigenvalue weighted by Crippen LogP contribution is 2.57. The highest BCUT2D eigenvalue weighted by molar-refractivity contribution is 5.15. The lowest BCUT2D eigenvalue weighted by Gasteiger charge is -2.20. The second-order valence-corrected chi connectivity index (χ2v) is 5.31. The van der Waals surface area contributed by atoms with Crippen molar-refractivity contribution in [2.45, 2.75) is 44.6 Å². The Hall–Kier alpha value is -0.500. The van der Waals surface area contributed by atoms with Crippen molar-refractivity contribution in [1.82, 2.24) is 0 Å². The third-order valence-electron chi connectivity index (χ3n) is 4.43. The van der Waals surface area contributed by atoms with Crippen LogP contribution in [0, 0.1) is 17.8 Å². The third-order valence-corrected chi connectivity index (χ3v) is 4.43. The lowest BCUT2D eigenvalue weighted by Crippen LogP contribution is -2.29. The predicted molar refractivity (Wildman–Crippen MR) is 60.2 cm³/mol. The molecule has 0 radical (unpaired) electrons. The van der Waals surface area contributed by atoms with Crippen LogP contribution in [0.4, 0.5) is 0 Å². The van der Waals surface area contributed by atoms with E-state index in [4.69, 9.17) is 10.5 Å². The molecular formula is C13H21NO. The molecule has 84 valence electrons. The summed E-state index contributed by atoms with van der Waals surface area (Å²) >= 11 is 0. The normalized spacial score (nSPS) is 41.1. The summed E-state index contributed by atoms with van der Waals surface area (Å²) in [6.07, 6.45) is 10.2. The summed E-state index contributed by atoms with van der Waals surface area (Å²) in [5, 5.41) is 0. The Morgan fingerprint density at radius 3 is 2.53 bits per heavy atom. The summed E-state index contributed by atoms with van der Waals surface area (Å²) < 4.78 is 5.68. The van der Waals surface area contributed by atoms with Gasteiger partial charge in [0.1, 0.15) is 5.76 Å². The van der Waals surface area contributed by atoms with E-state index in [9.17, 15) is 0 Å². The molecule has 3 aliphatic rings. The fraction of sp³-hybridized carbons (Fsp3) is 0.846. The van der Waals surface area contributed by atoms with Crippen molar-refractivity contribution in [1.29, 1.82) is 0 Å². The van der Waals surface area contributed by atoms with Gasteiger partial charge in [-0.2, -0.15) is 0 Å². The molecule has 0 aromatic carbocycles. The van der Waals surface area contributed by atoms with E-state index in [0.29, 0.717) is 0 Å². The Morgan fingerprint density at radius 1 is 1.20 bits per heavy atom. The molecule has 2 aliphatic carbocycles. The number of hydrogen-bond acceptors (Lipinski definition) is 2. The van der Waals surface area contributed by atoms with Crippen LogP contribution < -0.4 is 5.73 Å². The minimum Gasteiger partial charge on any atom is -0.497 e. The van der Waals surface area contributed by atoms with Crippen LogP contribution in [0.15, 0.2) is 11.8 Å². The van der Waals surface area contributed by atoms with Crippen LogP contribution in [0.1, 0.15) is 38.5 Å². The van der Waals surface area contributed by atoms with E-state index < -0.39 is 0 Å². The maximum absolute atomic E-state index is 6.32. The van der Waals surface area contributed by atoms with Gasteiger partial charge in [0.2, 0.25) is 0 Å². The van der Waals surface area contributed by atoms with Gasteiger partial charge in [-0.25, -0.2) is 0 Å². The highest BCUT2D eigenvalue weighted by Gasteiger charge is 2.54. The van der Waals surface area contributed by atoms with Gasteiger partial charge in [0.25, 0.3) is 0 Å². The van der Waals surface area contributed by atoms with E-state index in [1.807, 2.05) is 0 Å². The summed E-state index contributed by atoms with van der Waals surface area (Å²) in [4.78, 5) is 0. The molecule has 0 saturated heterocycles. The predicted octanol–water partition coefficient (Wildman–Crippen LogP) is 2.44. The molecule has 1 aliphatic heterocycles. The van der Waals surface area contributed by atoms with Crippen LogP contribution in [-0.2, 0) is 4.74 Å². The Kier molecular flexibility index (Phi) is 2.47. The van der Waals surface area contributed by atoms with Crippen LogP contribution in [-0.4, -0.2) is 12.6 Å². The first kappa shape index (κ1) is 9.71. The van der Waals surface area contributed by atoms with Crippen molar-refractivity contribution in [3.63, 3.8) is 0 Å². The molecular weight excluding hydrogens is 186 g/mol. The van der Waals surface area contributed by atoms with Crippen LogP contribution in [0.25, 0.3) is 0 Å². The molecule has 0 spiro atoms. The summed E-state index contributed by atoms with van der Waals surface area (Å²) in [7, 11) is 0. The molecule has 3 rings (SSSR count). The second kappa shape index (κ2) is 3.82. The van der Waals surface area contributed by atoms with Crippen molar-refractivity contribution in [3.8, 4) is 0 Å². The lowest BCUT2D eigenvalue weighted by atomic mass is 10.0. The van der Waals surface area contributed by atoms with Crippen molar-refractivity contribution in [2.24, 2.45) is 23.5 Å². The van der Waals surface area contributed by atoms with Gasteiger partial charge < -0.3 is 10.5 Å². The Labute approximate surface area is 91.9 Å². The second-order valence-electron chi connectivity index (χ2n) is 5.31. The lowest BCUT2D eigenvalue weighted by molar-refractivity contribution is 0.169. The monoisotopic (exact) mass is 207 g/mol. The van der Waals surface area contributed by atoms with Gasteiger partial charge in [0.15, 0.2) is 0 Å². The molecule has 2 heteroatoms. The molecule has 3 atom stereocenters. The molecule has 3 unspecified atom stereocenters. The number of nitrogens with two attached hydrogens (primary N) is 1. The molecule has 15 heavy (non-hydrogen) atoms. The van der Waals surface area contributed by atoms with Crippen molar-refractivity contribution in [3.05, 3.63) is 11.8 Å². The molecule has 2 fully saturated rings. The van der Waals surface area contributed by atoms with E-state index in [2.05, 4.69) is 6.08 Å². The first-order chi connectivity index (χ1) is 7.38. The van der Waals surface area contributed by atoms with Gasteiger partial charge in [-0.3, -0.25) is 0 Å². The highest BCUT2D eigenvalue weighted by atomic mass is 16.5. The van der Waals surface area contributed by atoms with Gasteiger partial charge >= 0.3 is 0 Å². The zero-order valence-corrected chi connectivity index (χ0v) is 9.32. The number of ether oxygens (including phenoxy) is 1. The van der Waals surface area contributed by atoms with Gasteiger partial charge in [-0.15, -0.1) is 0 Å². The Balaban J connectivity index is 1.65. The Morgan fingerprint density at radius 2 is 1.93 bits per heavy atom. The average Bonchev–Trinajstić information content (AvgIpc) is 3.03. The fourth-order valence-electron chi connectivity index (χ4n) is 3.58. The molecule has 0 aromatic rings. The van der Waals surface area contributed by atoms with Gasteiger partial charge in [0, 0.05) is 0 Å². The topological polar surface area (TPSA) is 35.2 Å². The average molecular weight is 207 g/mol. The standard InChI is InChI=1S/C13H21NO/c14-13(11-7-3-4-8-15-11)12-9-5-1-2-6-10(9)12/h7,9-10,12-13H,1-6,8,14H2. The number of fused-ring (bicyclic) bond motifs is 1. The maximum Gasteiger partial charge on any atom is 0.109 e. The quantitative estimate of drug-likeness (QED) is 0.755. The largest absolute Gasteiger partial charge is 0.497 e. The molecule has 2 nitrogen and oxygen atoms in total. The summed E-state index contributed by atoms with van der Waals surface area (Å²) in [5.74, 6) is 3.71. The Bertz CT molecular complexity index is 262. The zero-order chi connectivity index (χ0) is 10.3. The molecule has 2 N–H and O–H groups in total. The van der Waals surface area contributed by atoms with Gasteiger partial charge in [0.05, 0.1) is 12.6 Å². The van der Waals surface area contributed by atoms with E-state index in [1.165, 1.54) is 25.7 Å². The zero-order valence-electron chi connectivity index (χ0n) is 9.32.